The van der Waals surface area contributed by atoms with E-state index in [1.54, 1.807) is 11.6 Å². The lowest BCUT2D eigenvalue weighted by molar-refractivity contribution is -0.115. The minimum Gasteiger partial charge on any atom is -0.497 e. The highest BCUT2D eigenvalue weighted by molar-refractivity contribution is 7.15. The zero-order valence-corrected chi connectivity index (χ0v) is 17.0. The molecule has 1 N–H and O–H groups in total. The number of fused-ring (bicyclic) bond motifs is 2. The first-order chi connectivity index (χ1) is 14.7. The predicted molar refractivity (Wildman–Crippen MR) is 119 cm³/mol. The van der Waals surface area contributed by atoms with Crippen molar-refractivity contribution < 1.29 is 9.53 Å². The molecule has 0 atom stereocenters. The van der Waals surface area contributed by atoms with Crippen LogP contribution in [0.1, 0.15) is 5.56 Å². The minimum absolute atomic E-state index is 0.143. The fraction of sp³-hybridized carbons (Fsp3) is 0.0870. The molecule has 1 amide bonds. The zero-order chi connectivity index (χ0) is 20.5. The molecule has 0 bridgehead atoms. The Hall–Kier alpha value is -3.71. The third-order valence-electron chi connectivity index (χ3n) is 4.95. The van der Waals surface area contributed by atoms with E-state index in [0.29, 0.717) is 5.95 Å². The average molecular weight is 414 g/mol. The molecule has 0 radical (unpaired) electrons. The van der Waals surface area contributed by atoms with Crippen molar-refractivity contribution in [2.24, 2.45) is 0 Å². The Morgan fingerprint density at radius 3 is 2.70 bits per heavy atom. The van der Waals surface area contributed by atoms with E-state index in [-0.39, 0.29) is 12.3 Å². The Balaban J connectivity index is 1.37. The summed E-state index contributed by atoms with van der Waals surface area (Å²) in [5.41, 5.74) is 2.89. The summed E-state index contributed by atoms with van der Waals surface area (Å²) >= 11 is 1.48. The lowest BCUT2D eigenvalue weighted by atomic mass is 10.0. The van der Waals surface area contributed by atoms with E-state index in [2.05, 4.69) is 15.4 Å². The first-order valence-corrected chi connectivity index (χ1v) is 10.3. The number of nitrogens with zero attached hydrogens (tertiary/aromatic N) is 3. The molecule has 2 aromatic heterocycles. The summed E-state index contributed by atoms with van der Waals surface area (Å²) in [6.45, 7) is 0. The van der Waals surface area contributed by atoms with Gasteiger partial charge in [0.15, 0.2) is 0 Å². The van der Waals surface area contributed by atoms with E-state index in [9.17, 15) is 4.79 Å². The molecule has 0 spiro atoms. The van der Waals surface area contributed by atoms with Crippen LogP contribution in [0, 0.1) is 0 Å². The van der Waals surface area contributed by atoms with Crippen LogP contribution in [0.15, 0.2) is 72.1 Å². The quantitative estimate of drug-likeness (QED) is 0.449. The van der Waals surface area contributed by atoms with Crippen LogP contribution >= 0.6 is 11.3 Å². The number of methoxy groups -OCH3 is 1. The van der Waals surface area contributed by atoms with Crippen molar-refractivity contribution in [3.05, 3.63) is 77.7 Å². The van der Waals surface area contributed by atoms with Crippen LogP contribution in [0.5, 0.6) is 5.75 Å². The Bertz CT molecular complexity index is 1350. The SMILES string of the molecule is COc1ccc(-c2csc3nc(NC(=O)Cc4cccc5ccccc45)nn23)cc1. The van der Waals surface area contributed by atoms with Gasteiger partial charge in [-0.25, -0.2) is 4.52 Å². The fourth-order valence-electron chi connectivity index (χ4n) is 3.48. The Labute approximate surface area is 176 Å². The van der Waals surface area contributed by atoms with Gasteiger partial charge in [-0.05, 0) is 40.6 Å². The van der Waals surface area contributed by atoms with Gasteiger partial charge in [-0.1, -0.05) is 42.5 Å². The fourth-order valence-corrected chi connectivity index (χ4v) is 4.31. The summed E-state index contributed by atoms with van der Waals surface area (Å²) in [5, 5.41) is 11.5. The molecule has 0 fully saturated rings. The number of amides is 1. The first kappa shape index (κ1) is 18.3. The molecule has 0 aliphatic rings. The number of thiazole rings is 1. The third-order valence-corrected chi connectivity index (χ3v) is 5.77. The molecule has 0 saturated carbocycles. The highest BCUT2D eigenvalue weighted by Gasteiger charge is 2.14. The first-order valence-electron chi connectivity index (χ1n) is 9.46. The second-order valence-corrected chi connectivity index (χ2v) is 7.68. The van der Waals surface area contributed by atoms with Crippen molar-refractivity contribution in [2.75, 3.05) is 12.4 Å². The molecule has 0 saturated heterocycles. The normalized spacial score (nSPS) is 11.1. The van der Waals surface area contributed by atoms with Crippen molar-refractivity contribution in [1.29, 1.82) is 0 Å². The summed E-state index contributed by atoms with van der Waals surface area (Å²) in [6, 6.07) is 21.8. The third kappa shape index (κ3) is 3.40. The molecule has 148 valence electrons. The van der Waals surface area contributed by atoms with Crippen molar-refractivity contribution in [3.8, 4) is 17.0 Å². The van der Waals surface area contributed by atoms with Crippen LogP contribution in [0.4, 0.5) is 5.95 Å². The van der Waals surface area contributed by atoms with Gasteiger partial charge in [0.2, 0.25) is 16.8 Å². The number of hydrogen-bond acceptors (Lipinski definition) is 5. The molecule has 5 aromatic rings. The Kier molecular flexibility index (Phi) is 4.65. The van der Waals surface area contributed by atoms with E-state index >= 15 is 0 Å². The molecular weight excluding hydrogens is 396 g/mol. The van der Waals surface area contributed by atoms with Gasteiger partial charge in [-0.3, -0.25) is 10.1 Å². The van der Waals surface area contributed by atoms with Gasteiger partial charge in [0.25, 0.3) is 0 Å². The van der Waals surface area contributed by atoms with Crippen LogP contribution in [0.3, 0.4) is 0 Å². The van der Waals surface area contributed by atoms with Gasteiger partial charge in [0.1, 0.15) is 5.75 Å². The maximum absolute atomic E-state index is 12.6. The minimum atomic E-state index is -0.143. The standard InChI is InChI=1S/C23H18N4O2S/c1-29-18-11-9-16(10-12-18)20-14-30-23-25-22(26-27(20)23)24-21(28)13-17-7-4-6-15-5-2-3-8-19(15)17/h2-12,14H,13H2,1H3,(H,24,26,28). The number of hydrogen-bond donors (Lipinski definition) is 1. The highest BCUT2D eigenvalue weighted by atomic mass is 32.1. The van der Waals surface area contributed by atoms with Crippen molar-refractivity contribution in [1.82, 2.24) is 14.6 Å². The van der Waals surface area contributed by atoms with Crippen molar-refractivity contribution >= 4 is 38.9 Å². The predicted octanol–water partition coefficient (Wildman–Crippen LogP) is 4.80. The van der Waals surface area contributed by atoms with Crippen LogP contribution in [0.2, 0.25) is 0 Å². The topological polar surface area (TPSA) is 68.5 Å². The summed E-state index contributed by atoms with van der Waals surface area (Å²) in [4.78, 5) is 17.8. The molecule has 7 heteroatoms. The van der Waals surface area contributed by atoms with E-state index < -0.39 is 0 Å². The molecule has 2 heterocycles. The lowest BCUT2D eigenvalue weighted by Crippen LogP contribution is -2.15. The largest absolute Gasteiger partial charge is 0.497 e. The average Bonchev–Trinajstić information content (AvgIpc) is 3.34. The van der Waals surface area contributed by atoms with Gasteiger partial charge < -0.3 is 4.74 Å². The number of carbonyl (C=O) groups excluding carboxylic acids is 1. The van der Waals surface area contributed by atoms with E-state index in [0.717, 1.165) is 38.3 Å². The zero-order valence-electron chi connectivity index (χ0n) is 16.2. The lowest BCUT2D eigenvalue weighted by Gasteiger charge is -2.06. The monoisotopic (exact) mass is 414 g/mol. The van der Waals surface area contributed by atoms with E-state index in [1.807, 2.05) is 72.1 Å². The second-order valence-electron chi connectivity index (χ2n) is 6.84. The number of nitrogens with one attached hydrogen (secondary N) is 1. The Morgan fingerprint density at radius 2 is 1.87 bits per heavy atom. The summed E-state index contributed by atoms with van der Waals surface area (Å²) < 4.78 is 6.97. The molecule has 0 aliphatic heterocycles. The smallest absolute Gasteiger partial charge is 0.250 e. The molecular formula is C23H18N4O2S. The number of carbonyl (C=O) groups is 1. The number of aromatic nitrogens is 3. The van der Waals surface area contributed by atoms with E-state index in [1.165, 1.54) is 11.3 Å². The maximum Gasteiger partial charge on any atom is 0.250 e. The Morgan fingerprint density at radius 1 is 1.07 bits per heavy atom. The number of rotatable bonds is 5. The van der Waals surface area contributed by atoms with Gasteiger partial charge in [0, 0.05) is 10.9 Å². The van der Waals surface area contributed by atoms with Gasteiger partial charge in [0.05, 0.1) is 19.2 Å². The molecule has 6 nitrogen and oxygen atoms in total. The van der Waals surface area contributed by atoms with Gasteiger partial charge in [-0.15, -0.1) is 16.4 Å². The summed E-state index contributed by atoms with van der Waals surface area (Å²) in [7, 11) is 1.64. The molecule has 0 aliphatic carbocycles. The highest BCUT2D eigenvalue weighted by Crippen LogP contribution is 2.27. The van der Waals surface area contributed by atoms with Crippen LogP contribution in [0.25, 0.3) is 27.0 Å². The van der Waals surface area contributed by atoms with E-state index in [4.69, 9.17) is 4.74 Å². The second kappa shape index (κ2) is 7.61. The van der Waals surface area contributed by atoms with Crippen molar-refractivity contribution in [2.45, 2.75) is 6.42 Å². The van der Waals surface area contributed by atoms with Gasteiger partial charge in [-0.2, -0.15) is 4.98 Å². The maximum atomic E-state index is 12.6. The molecule has 30 heavy (non-hydrogen) atoms. The number of benzene rings is 3. The van der Waals surface area contributed by atoms with Crippen LogP contribution in [-0.4, -0.2) is 27.6 Å². The number of ether oxygens (including phenoxy) is 1. The molecule has 3 aromatic carbocycles. The summed E-state index contributed by atoms with van der Waals surface area (Å²) in [5.74, 6) is 0.961. The van der Waals surface area contributed by atoms with Crippen LogP contribution in [-0.2, 0) is 11.2 Å². The van der Waals surface area contributed by atoms with Crippen molar-refractivity contribution in [3.63, 3.8) is 0 Å². The molecule has 0 unspecified atom stereocenters. The molecule has 5 rings (SSSR count). The van der Waals surface area contributed by atoms with Gasteiger partial charge >= 0.3 is 0 Å². The summed E-state index contributed by atoms with van der Waals surface area (Å²) in [6.07, 6.45) is 0.263. The number of anilines is 1. The van der Waals surface area contributed by atoms with Crippen LogP contribution < -0.4 is 10.1 Å².